The van der Waals surface area contributed by atoms with Crippen LogP contribution in [0.3, 0.4) is 0 Å². The predicted molar refractivity (Wildman–Crippen MR) is 79.1 cm³/mol. The Morgan fingerprint density at radius 3 is 2.90 bits per heavy atom. The summed E-state index contributed by atoms with van der Waals surface area (Å²) in [5.74, 6) is -0.0314. The third-order valence-electron chi connectivity index (χ3n) is 3.62. The highest BCUT2D eigenvalue weighted by Gasteiger charge is 2.16. The Hall–Kier alpha value is -2.14. The fraction of sp³-hybridized carbons (Fsp3) is 0.375. The van der Waals surface area contributed by atoms with Gasteiger partial charge in [-0.3, -0.25) is 9.48 Å². The Labute approximate surface area is 123 Å². The lowest BCUT2D eigenvalue weighted by atomic mass is 10.1. The van der Waals surface area contributed by atoms with Crippen LogP contribution in [0.5, 0.6) is 0 Å². The number of hydrogen-bond acceptors (Lipinski definition) is 3. The van der Waals surface area contributed by atoms with Crippen LogP contribution in [0, 0.1) is 0 Å². The van der Waals surface area contributed by atoms with Gasteiger partial charge in [0.2, 0.25) is 0 Å². The number of ether oxygens (including phenoxy) is 1. The van der Waals surface area contributed by atoms with Gasteiger partial charge in [0.15, 0.2) is 0 Å². The van der Waals surface area contributed by atoms with E-state index in [4.69, 9.17) is 4.74 Å². The van der Waals surface area contributed by atoms with Gasteiger partial charge in [-0.2, -0.15) is 5.10 Å². The number of nitrogens with zero attached hydrogens (tertiary/aromatic N) is 2. The van der Waals surface area contributed by atoms with E-state index < -0.39 is 0 Å². The van der Waals surface area contributed by atoms with Crippen LogP contribution in [-0.2, 0) is 11.3 Å². The first-order valence-electron chi connectivity index (χ1n) is 7.26. The highest BCUT2D eigenvalue weighted by Crippen LogP contribution is 2.09. The van der Waals surface area contributed by atoms with E-state index >= 15 is 0 Å². The Kier molecular flexibility index (Phi) is 4.31. The van der Waals surface area contributed by atoms with Crippen molar-refractivity contribution in [2.24, 2.45) is 0 Å². The minimum Gasteiger partial charge on any atom is -0.379 e. The molecule has 1 aromatic heterocycles. The van der Waals surface area contributed by atoms with Gasteiger partial charge in [0.1, 0.15) is 0 Å². The topological polar surface area (TPSA) is 56.1 Å². The normalized spacial score (nSPS) is 18.4. The average Bonchev–Trinajstić information content (AvgIpc) is 3.02. The van der Waals surface area contributed by atoms with Crippen LogP contribution in [0.1, 0.15) is 28.8 Å². The highest BCUT2D eigenvalue weighted by atomic mass is 16.5. The van der Waals surface area contributed by atoms with E-state index in [1.165, 1.54) is 0 Å². The lowest BCUT2D eigenvalue weighted by Crippen LogP contribution is -2.40. The van der Waals surface area contributed by atoms with Crippen molar-refractivity contribution in [3.05, 3.63) is 53.9 Å². The van der Waals surface area contributed by atoms with Gasteiger partial charge in [0.05, 0.1) is 19.2 Å². The average molecular weight is 285 g/mol. The molecule has 1 saturated heterocycles. The molecule has 5 heteroatoms. The lowest BCUT2D eigenvalue weighted by molar-refractivity contribution is 0.0624. The molecule has 2 heterocycles. The summed E-state index contributed by atoms with van der Waals surface area (Å²) in [7, 11) is 0. The molecule has 5 nitrogen and oxygen atoms in total. The first-order valence-corrected chi connectivity index (χ1v) is 7.26. The molecule has 0 unspecified atom stereocenters. The second-order valence-corrected chi connectivity index (χ2v) is 5.29. The molecule has 1 atom stereocenters. The van der Waals surface area contributed by atoms with E-state index in [2.05, 4.69) is 10.4 Å². The predicted octanol–water partition coefficient (Wildman–Crippen LogP) is 1.84. The van der Waals surface area contributed by atoms with Crippen molar-refractivity contribution in [2.75, 3.05) is 13.2 Å². The minimum absolute atomic E-state index is 0.0314. The molecular formula is C16H19N3O2. The molecule has 1 N–H and O–H groups in total. The number of aromatic nitrogens is 2. The van der Waals surface area contributed by atoms with Crippen LogP contribution in [0.15, 0.2) is 42.7 Å². The molecule has 1 fully saturated rings. The van der Waals surface area contributed by atoms with Crippen molar-refractivity contribution in [1.82, 2.24) is 15.1 Å². The van der Waals surface area contributed by atoms with E-state index in [9.17, 15) is 4.79 Å². The summed E-state index contributed by atoms with van der Waals surface area (Å²) in [5, 5.41) is 7.19. The Morgan fingerprint density at radius 2 is 2.24 bits per heavy atom. The number of rotatable bonds is 4. The molecule has 1 aliphatic heterocycles. The largest absolute Gasteiger partial charge is 0.379 e. The number of hydrogen-bond donors (Lipinski definition) is 1. The zero-order chi connectivity index (χ0) is 14.5. The highest BCUT2D eigenvalue weighted by molar-refractivity contribution is 5.94. The summed E-state index contributed by atoms with van der Waals surface area (Å²) < 4.78 is 7.23. The van der Waals surface area contributed by atoms with E-state index in [0.717, 1.165) is 25.0 Å². The molecule has 2 aromatic rings. The molecule has 1 aliphatic rings. The number of carbonyl (C=O) groups is 1. The molecule has 21 heavy (non-hydrogen) atoms. The molecule has 3 rings (SSSR count). The van der Waals surface area contributed by atoms with Crippen LogP contribution in [-0.4, -0.2) is 34.9 Å². The smallest absolute Gasteiger partial charge is 0.251 e. The van der Waals surface area contributed by atoms with Crippen LogP contribution in [0.4, 0.5) is 0 Å². The zero-order valence-corrected chi connectivity index (χ0v) is 11.9. The molecule has 1 amide bonds. The van der Waals surface area contributed by atoms with Gasteiger partial charge in [-0.05, 0) is 36.6 Å². The first kappa shape index (κ1) is 13.8. The maximum absolute atomic E-state index is 12.2. The fourth-order valence-corrected chi connectivity index (χ4v) is 2.47. The maximum atomic E-state index is 12.2. The second-order valence-electron chi connectivity index (χ2n) is 5.29. The Bertz CT molecular complexity index is 572. The molecular weight excluding hydrogens is 266 g/mol. The summed E-state index contributed by atoms with van der Waals surface area (Å²) >= 11 is 0. The maximum Gasteiger partial charge on any atom is 0.251 e. The Balaban J connectivity index is 1.59. The van der Waals surface area contributed by atoms with Crippen molar-refractivity contribution in [3.8, 4) is 0 Å². The molecule has 0 aliphatic carbocycles. The van der Waals surface area contributed by atoms with Gasteiger partial charge in [-0.1, -0.05) is 12.1 Å². The van der Waals surface area contributed by atoms with Crippen molar-refractivity contribution in [2.45, 2.75) is 25.4 Å². The van der Waals surface area contributed by atoms with Gasteiger partial charge in [-0.25, -0.2) is 0 Å². The van der Waals surface area contributed by atoms with Crippen molar-refractivity contribution < 1.29 is 9.53 Å². The first-order chi connectivity index (χ1) is 10.3. The van der Waals surface area contributed by atoms with Gasteiger partial charge in [0.25, 0.3) is 5.91 Å². The zero-order valence-electron chi connectivity index (χ0n) is 11.9. The van der Waals surface area contributed by atoms with E-state index in [-0.39, 0.29) is 11.9 Å². The summed E-state index contributed by atoms with van der Waals surface area (Å²) in [5.41, 5.74) is 1.81. The van der Waals surface area contributed by atoms with E-state index in [1.54, 1.807) is 6.20 Å². The Morgan fingerprint density at radius 1 is 1.38 bits per heavy atom. The van der Waals surface area contributed by atoms with Crippen molar-refractivity contribution in [3.63, 3.8) is 0 Å². The van der Waals surface area contributed by atoms with Gasteiger partial charge < -0.3 is 10.1 Å². The number of carbonyl (C=O) groups excluding carboxylic acids is 1. The molecule has 0 radical (unpaired) electrons. The quantitative estimate of drug-likeness (QED) is 0.932. The van der Waals surface area contributed by atoms with Crippen LogP contribution in [0.2, 0.25) is 0 Å². The van der Waals surface area contributed by atoms with Crippen molar-refractivity contribution >= 4 is 5.91 Å². The standard InChI is InChI=1S/C16H19N3O2/c20-16(18-15-3-1-10-21-12-15)14-6-4-13(5-7-14)11-19-9-2-8-17-19/h2,4-9,15H,1,3,10-12H2,(H,18,20)/t15-/m0/s1. The SMILES string of the molecule is O=C(N[C@H]1CCCOC1)c1ccc(Cn2cccn2)cc1. The summed E-state index contributed by atoms with van der Waals surface area (Å²) in [6.07, 6.45) is 5.68. The van der Waals surface area contributed by atoms with Gasteiger partial charge in [-0.15, -0.1) is 0 Å². The number of amides is 1. The van der Waals surface area contributed by atoms with Crippen molar-refractivity contribution in [1.29, 1.82) is 0 Å². The molecule has 0 spiro atoms. The third kappa shape index (κ3) is 3.70. The van der Waals surface area contributed by atoms with Gasteiger partial charge in [0, 0.05) is 24.6 Å². The molecule has 110 valence electrons. The summed E-state index contributed by atoms with van der Waals surface area (Å²) in [6, 6.07) is 9.68. The van der Waals surface area contributed by atoms with Crippen LogP contribution < -0.4 is 5.32 Å². The number of nitrogens with one attached hydrogen (secondary N) is 1. The van der Waals surface area contributed by atoms with E-state index in [1.807, 2.05) is 41.2 Å². The molecule has 0 bridgehead atoms. The fourth-order valence-electron chi connectivity index (χ4n) is 2.47. The van der Waals surface area contributed by atoms with Crippen LogP contribution in [0.25, 0.3) is 0 Å². The second kappa shape index (κ2) is 6.54. The minimum atomic E-state index is -0.0314. The summed E-state index contributed by atoms with van der Waals surface area (Å²) in [4.78, 5) is 12.2. The molecule has 0 saturated carbocycles. The lowest BCUT2D eigenvalue weighted by Gasteiger charge is -2.23. The summed E-state index contributed by atoms with van der Waals surface area (Å²) in [6.45, 7) is 2.13. The number of benzene rings is 1. The van der Waals surface area contributed by atoms with E-state index in [0.29, 0.717) is 18.7 Å². The van der Waals surface area contributed by atoms with Crippen LogP contribution >= 0.6 is 0 Å². The molecule has 1 aromatic carbocycles. The third-order valence-corrected chi connectivity index (χ3v) is 3.62. The monoisotopic (exact) mass is 285 g/mol. The van der Waals surface area contributed by atoms with Gasteiger partial charge >= 0.3 is 0 Å².